The molecule has 0 amide bonds. The number of halogens is 1. The molecule has 1 aromatic rings. The molecule has 138 valence electrons. The second kappa shape index (κ2) is 6.35. The lowest BCUT2D eigenvalue weighted by atomic mass is 9.53. The van der Waals surface area contributed by atoms with E-state index in [1.54, 1.807) is 12.1 Å². The van der Waals surface area contributed by atoms with E-state index in [4.69, 9.17) is 5.11 Å². The smallest absolute Gasteiger partial charge is 0.123 e. The Morgan fingerprint density at radius 1 is 1.16 bits per heavy atom. The van der Waals surface area contributed by atoms with Crippen LogP contribution in [0.25, 0.3) is 0 Å². The highest BCUT2D eigenvalue weighted by molar-refractivity contribution is 5.35. The normalized spacial score (nSPS) is 39.6. The van der Waals surface area contributed by atoms with Crippen molar-refractivity contribution in [3.63, 3.8) is 0 Å². The van der Waals surface area contributed by atoms with Crippen LogP contribution in [-0.4, -0.2) is 22.4 Å². The topological polar surface area (TPSA) is 40.5 Å². The summed E-state index contributed by atoms with van der Waals surface area (Å²) in [7, 11) is 0. The average molecular weight is 346 g/mol. The van der Waals surface area contributed by atoms with Crippen molar-refractivity contribution >= 4 is 0 Å². The molecular formula is C22H31FO2. The van der Waals surface area contributed by atoms with Crippen LogP contribution in [0.3, 0.4) is 0 Å². The Hall–Kier alpha value is -0.930. The van der Waals surface area contributed by atoms with Crippen molar-refractivity contribution in [3.8, 4) is 0 Å². The number of benzene rings is 1. The van der Waals surface area contributed by atoms with Gasteiger partial charge in [-0.15, -0.1) is 0 Å². The van der Waals surface area contributed by atoms with E-state index in [9.17, 15) is 9.50 Å². The maximum atomic E-state index is 13.6. The molecule has 0 radical (unpaired) electrons. The second-order valence-electron chi connectivity index (χ2n) is 8.97. The highest BCUT2D eigenvalue weighted by atomic mass is 19.1. The molecule has 5 atom stereocenters. The molecular weight excluding hydrogens is 315 g/mol. The molecule has 3 aliphatic rings. The molecule has 5 unspecified atom stereocenters. The zero-order chi connectivity index (χ0) is 17.7. The predicted molar refractivity (Wildman–Crippen MR) is 96.9 cm³/mol. The van der Waals surface area contributed by atoms with E-state index in [0.717, 1.165) is 57.8 Å². The van der Waals surface area contributed by atoms with Crippen molar-refractivity contribution in [3.05, 3.63) is 35.1 Å². The summed E-state index contributed by atoms with van der Waals surface area (Å²) in [4.78, 5) is 0. The van der Waals surface area contributed by atoms with Crippen LogP contribution in [0.2, 0.25) is 0 Å². The maximum absolute atomic E-state index is 13.6. The lowest BCUT2D eigenvalue weighted by molar-refractivity contribution is -0.108. The lowest BCUT2D eigenvalue weighted by Crippen LogP contribution is -2.50. The van der Waals surface area contributed by atoms with Crippen LogP contribution in [0.5, 0.6) is 0 Å². The van der Waals surface area contributed by atoms with Gasteiger partial charge in [-0.05, 0) is 104 Å². The molecule has 2 fully saturated rings. The highest BCUT2D eigenvalue weighted by Gasteiger charge is 2.60. The van der Waals surface area contributed by atoms with Gasteiger partial charge in [0.2, 0.25) is 0 Å². The first kappa shape index (κ1) is 17.5. The summed E-state index contributed by atoms with van der Waals surface area (Å²) in [5.41, 5.74) is 2.01. The van der Waals surface area contributed by atoms with Crippen molar-refractivity contribution in [2.75, 3.05) is 6.61 Å². The third kappa shape index (κ3) is 2.66. The Labute approximate surface area is 150 Å². The molecule has 0 saturated heterocycles. The highest BCUT2D eigenvalue weighted by Crippen LogP contribution is 2.65. The Kier molecular flexibility index (Phi) is 4.44. The number of aliphatic hydroxyl groups excluding tert-OH is 1. The van der Waals surface area contributed by atoms with Crippen LogP contribution in [0.1, 0.15) is 75.3 Å². The van der Waals surface area contributed by atoms with E-state index >= 15 is 0 Å². The van der Waals surface area contributed by atoms with Gasteiger partial charge in [0, 0.05) is 6.61 Å². The van der Waals surface area contributed by atoms with E-state index in [1.165, 1.54) is 11.1 Å². The fourth-order valence-corrected chi connectivity index (χ4v) is 6.60. The lowest BCUT2D eigenvalue weighted by Gasteiger charge is -2.53. The molecule has 2 N–H and O–H groups in total. The third-order valence-electron chi connectivity index (χ3n) is 8.01. The first-order valence-electron chi connectivity index (χ1n) is 10.1. The first-order chi connectivity index (χ1) is 12.0. The maximum Gasteiger partial charge on any atom is 0.123 e. The van der Waals surface area contributed by atoms with Gasteiger partial charge in [0.05, 0.1) is 5.60 Å². The van der Waals surface area contributed by atoms with Crippen molar-refractivity contribution in [2.24, 2.45) is 17.3 Å². The molecule has 0 bridgehead atoms. The van der Waals surface area contributed by atoms with E-state index in [1.807, 2.05) is 6.07 Å². The quantitative estimate of drug-likeness (QED) is 0.784. The van der Waals surface area contributed by atoms with Gasteiger partial charge in [0.15, 0.2) is 0 Å². The van der Waals surface area contributed by atoms with Crippen LogP contribution < -0.4 is 0 Å². The van der Waals surface area contributed by atoms with Crippen molar-refractivity contribution in [2.45, 2.75) is 76.2 Å². The van der Waals surface area contributed by atoms with Gasteiger partial charge >= 0.3 is 0 Å². The molecule has 25 heavy (non-hydrogen) atoms. The number of hydrogen-bond acceptors (Lipinski definition) is 2. The minimum atomic E-state index is -0.569. The molecule has 3 aliphatic carbocycles. The van der Waals surface area contributed by atoms with E-state index in [2.05, 4.69) is 6.92 Å². The van der Waals surface area contributed by atoms with E-state index < -0.39 is 5.60 Å². The molecule has 0 heterocycles. The first-order valence-corrected chi connectivity index (χ1v) is 10.1. The van der Waals surface area contributed by atoms with Crippen LogP contribution >= 0.6 is 0 Å². The summed E-state index contributed by atoms with van der Waals surface area (Å²) in [5.74, 6) is 1.63. The molecule has 2 saturated carbocycles. The Morgan fingerprint density at radius 2 is 2.00 bits per heavy atom. The average Bonchev–Trinajstić information content (AvgIpc) is 2.86. The monoisotopic (exact) mass is 346 g/mol. The SMILES string of the molecule is CC12CCC3c4ccc(F)cc4CCC3C1CCC2(O)CCCCO. The number of hydrogen-bond donors (Lipinski definition) is 2. The van der Waals surface area contributed by atoms with Crippen molar-refractivity contribution < 1.29 is 14.6 Å². The Balaban J connectivity index is 1.59. The van der Waals surface area contributed by atoms with Gasteiger partial charge < -0.3 is 10.2 Å². The van der Waals surface area contributed by atoms with E-state index in [-0.39, 0.29) is 17.8 Å². The second-order valence-corrected chi connectivity index (χ2v) is 8.97. The summed E-state index contributed by atoms with van der Waals surface area (Å²) < 4.78 is 13.6. The Morgan fingerprint density at radius 3 is 2.80 bits per heavy atom. The molecule has 2 nitrogen and oxygen atoms in total. The summed E-state index contributed by atoms with van der Waals surface area (Å²) in [6.45, 7) is 2.54. The summed E-state index contributed by atoms with van der Waals surface area (Å²) >= 11 is 0. The minimum absolute atomic E-state index is 0.00115. The molecule has 1 aromatic carbocycles. The van der Waals surface area contributed by atoms with Gasteiger partial charge in [0.25, 0.3) is 0 Å². The summed E-state index contributed by atoms with van der Waals surface area (Å²) in [6, 6.07) is 5.38. The predicted octanol–water partition coefficient (Wildman–Crippen LogP) is 4.58. The van der Waals surface area contributed by atoms with Gasteiger partial charge in [-0.3, -0.25) is 0 Å². The standard InChI is InChI=1S/C22H31FO2/c1-21-11-8-18-17-7-5-16(23)14-15(17)4-6-19(18)20(21)9-12-22(21,25)10-2-3-13-24/h5,7,14,18-20,24-25H,2-4,6,8-13H2,1H3. The van der Waals surface area contributed by atoms with Crippen molar-refractivity contribution in [1.29, 1.82) is 0 Å². The van der Waals surface area contributed by atoms with Crippen LogP contribution in [-0.2, 0) is 6.42 Å². The zero-order valence-electron chi connectivity index (χ0n) is 15.3. The number of aryl methyl sites for hydroxylation is 1. The van der Waals surface area contributed by atoms with Gasteiger partial charge in [0.1, 0.15) is 5.82 Å². The summed E-state index contributed by atoms with van der Waals surface area (Å²) in [6.07, 6.45) is 8.81. The number of rotatable bonds is 4. The van der Waals surface area contributed by atoms with E-state index in [0.29, 0.717) is 17.8 Å². The largest absolute Gasteiger partial charge is 0.396 e. The zero-order valence-corrected chi connectivity index (χ0v) is 15.3. The molecule has 4 rings (SSSR count). The van der Waals surface area contributed by atoms with Crippen LogP contribution in [0.4, 0.5) is 4.39 Å². The third-order valence-corrected chi connectivity index (χ3v) is 8.01. The van der Waals surface area contributed by atoms with Gasteiger partial charge in [-0.1, -0.05) is 13.0 Å². The minimum Gasteiger partial charge on any atom is -0.396 e. The van der Waals surface area contributed by atoms with Gasteiger partial charge in [-0.25, -0.2) is 4.39 Å². The van der Waals surface area contributed by atoms with Gasteiger partial charge in [-0.2, -0.15) is 0 Å². The summed E-state index contributed by atoms with van der Waals surface area (Å²) in [5, 5.41) is 20.5. The molecule has 0 aliphatic heterocycles. The molecule has 0 spiro atoms. The number of fused-ring (bicyclic) bond motifs is 5. The molecule has 3 heteroatoms. The number of aliphatic hydroxyl groups is 2. The van der Waals surface area contributed by atoms with Crippen LogP contribution in [0, 0.1) is 23.1 Å². The Bertz CT molecular complexity index is 645. The van der Waals surface area contributed by atoms with Crippen LogP contribution in [0.15, 0.2) is 18.2 Å². The van der Waals surface area contributed by atoms with Crippen molar-refractivity contribution in [1.82, 2.24) is 0 Å². The molecule has 0 aromatic heterocycles. The fourth-order valence-electron chi connectivity index (χ4n) is 6.60. The fraction of sp³-hybridized carbons (Fsp3) is 0.727. The number of unbranched alkanes of at least 4 members (excludes halogenated alkanes) is 1.